The molecular weight excluding hydrogens is 321 g/mol. The number of likely N-dealkylation sites (tertiary alicyclic amines) is 1. The maximum Gasteiger partial charge on any atom is 0.227 e. The van der Waals surface area contributed by atoms with Crippen molar-refractivity contribution >= 4 is 30.7 Å². The fourth-order valence-electron chi connectivity index (χ4n) is 4.73. The molecule has 3 aliphatic rings. The Morgan fingerprint density at radius 1 is 1.14 bits per heavy atom. The summed E-state index contributed by atoms with van der Waals surface area (Å²) in [5.74, 6) is 1.60. The van der Waals surface area contributed by atoms with Crippen molar-refractivity contribution in [2.24, 2.45) is 23.5 Å². The lowest BCUT2D eigenvalue weighted by atomic mass is 9.83. The van der Waals surface area contributed by atoms with E-state index in [0.717, 1.165) is 19.4 Å². The molecule has 6 unspecified atom stereocenters. The van der Waals surface area contributed by atoms with E-state index in [1.165, 1.54) is 19.3 Å². The highest BCUT2D eigenvalue weighted by atomic mass is 35.5. The van der Waals surface area contributed by atoms with Crippen LogP contribution in [0, 0.1) is 17.8 Å². The maximum absolute atomic E-state index is 12.9. The smallest absolute Gasteiger partial charge is 0.227 e. The van der Waals surface area contributed by atoms with Gasteiger partial charge in [0.05, 0.1) is 5.92 Å². The summed E-state index contributed by atoms with van der Waals surface area (Å²) in [6.07, 6.45) is 5.83. The molecule has 0 aromatic rings. The molecule has 6 atom stereocenters. The monoisotopic (exact) mass is 351 g/mol. The standard InChI is InChI=1S/C16H29N3O.2ClH/c1-10-8-13(6-7-18(10)2)19(3)16(20)14-11-4-5-12(9-11)15(14)17;;/h10-15H,4-9,17H2,1-3H3;2*1H. The van der Waals surface area contributed by atoms with Crippen LogP contribution in [0.1, 0.15) is 39.0 Å². The number of carbonyl (C=O) groups excluding carboxylic acids is 1. The highest BCUT2D eigenvalue weighted by Crippen LogP contribution is 2.48. The van der Waals surface area contributed by atoms with Crippen LogP contribution in [-0.4, -0.2) is 54.5 Å². The van der Waals surface area contributed by atoms with Gasteiger partial charge in [-0.3, -0.25) is 4.79 Å². The van der Waals surface area contributed by atoms with Gasteiger partial charge in [0, 0.05) is 31.7 Å². The molecule has 1 amide bonds. The van der Waals surface area contributed by atoms with Gasteiger partial charge in [0.2, 0.25) is 5.91 Å². The van der Waals surface area contributed by atoms with Gasteiger partial charge >= 0.3 is 0 Å². The van der Waals surface area contributed by atoms with E-state index >= 15 is 0 Å². The predicted octanol–water partition coefficient (Wildman–Crippen LogP) is 2.14. The van der Waals surface area contributed by atoms with Crippen molar-refractivity contribution in [1.29, 1.82) is 0 Å². The second-order valence-corrected chi connectivity index (χ2v) is 7.39. The van der Waals surface area contributed by atoms with E-state index in [4.69, 9.17) is 5.73 Å². The Labute approximate surface area is 147 Å². The predicted molar refractivity (Wildman–Crippen MR) is 94.7 cm³/mol. The Balaban J connectivity index is 0.00000121. The third kappa shape index (κ3) is 3.40. The van der Waals surface area contributed by atoms with Crippen molar-refractivity contribution in [3.63, 3.8) is 0 Å². The van der Waals surface area contributed by atoms with E-state index in [-0.39, 0.29) is 36.8 Å². The van der Waals surface area contributed by atoms with Crippen molar-refractivity contribution in [3.05, 3.63) is 0 Å². The lowest BCUT2D eigenvalue weighted by Crippen LogP contribution is -2.52. The first-order valence-corrected chi connectivity index (χ1v) is 8.21. The molecule has 6 heteroatoms. The summed E-state index contributed by atoms with van der Waals surface area (Å²) in [4.78, 5) is 17.3. The summed E-state index contributed by atoms with van der Waals surface area (Å²) in [5.41, 5.74) is 6.33. The van der Waals surface area contributed by atoms with Gasteiger partial charge < -0.3 is 15.5 Å². The van der Waals surface area contributed by atoms with E-state index < -0.39 is 0 Å². The number of carbonyl (C=O) groups is 1. The highest BCUT2D eigenvalue weighted by molar-refractivity contribution is 5.85. The topological polar surface area (TPSA) is 49.6 Å². The normalized spacial score (nSPS) is 40.7. The molecule has 1 aliphatic heterocycles. The number of rotatable bonds is 2. The molecule has 1 heterocycles. The largest absolute Gasteiger partial charge is 0.342 e. The quantitative estimate of drug-likeness (QED) is 0.829. The zero-order chi connectivity index (χ0) is 14.4. The fourth-order valence-corrected chi connectivity index (χ4v) is 4.73. The van der Waals surface area contributed by atoms with E-state index in [1.54, 1.807) is 0 Å². The minimum atomic E-state index is 0. The number of amides is 1. The Morgan fingerprint density at radius 2 is 1.77 bits per heavy atom. The number of hydrogen-bond donors (Lipinski definition) is 1. The molecular formula is C16H31Cl2N3O. The molecule has 0 aromatic heterocycles. The second kappa shape index (κ2) is 7.69. The van der Waals surface area contributed by atoms with Gasteiger partial charge in [-0.15, -0.1) is 24.8 Å². The van der Waals surface area contributed by atoms with Crippen molar-refractivity contribution in [3.8, 4) is 0 Å². The van der Waals surface area contributed by atoms with Gasteiger partial charge in [0.1, 0.15) is 0 Å². The molecule has 2 saturated carbocycles. The van der Waals surface area contributed by atoms with E-state index in [2.05, 4.69) is 18.9 Å². The SMILES string of the molecule is CC1CC(N(C)C(=O)C2C3CCC(C3)C2N)CCN1C.Cl.Cl. The van der Waals surface area contributed by atoms with E-state index in [1.807, 2.05) is 11.9 Å². The summed E-state index contributed by atoms with van der Waals surface area (Å²) >= 11 is 0. The lowest BCUT2D eigenvalue weighted by molar-refractivity contribution is -0.139. The van der Waals surface area contributed by atoms with Gasteiger partial charge in [-0.05, 0) is 57.9 Å². The van der Waals surface area contributed by atoms with Crippen molar-refractivity contribution in [1.82, 2.24) is 9.80 Å². The number of nitrogens with zero attached hydrogens (tertiary/aromatic N) is 2. The third-order valence-electron chi connectivity index (χ3n) is 6.34. The second-order valence-electron chi connectivity index (χ2n) is 7.39. The van der Waals surface area contributed by atoms with Gasteiger partial charge in [-0.2, -0.15) is 0 Å². The van der Waals surface area contributed by atoms with Crippen LogP contribution >= 0.6 is 24.8 Å². The third-order valence-corrected chi connectivity index (χ3v) is 6.34. The van der Waals surface area contributed by atoms with Crippen molar-refractivity contribution < 1.29 is 4.79 Å². The van der Waals surface area contributed by atoms with Crippen LogP contribution in [0.2, 0.25) is 0 Å². The Hall–Kier alpha value is -0.0300. The van der Waals surface area contributed by atoms with E-state index in [0.29, 0.717) is 29.8 Å². The average Bonchev–Trinajstić information content (AvgIpc) is 3.01. The Morgan fingerprint density at radius 3 is 2.32 bits per heavy atom. The first kappa shape index (κ1) is 20.0. The van der Waals surface area contributed by atoms with Crippen LogP contribution in [0.25, 0.3) is 0 Å². The zero-order valence-corrected chi connectivity index (χ0v) is 15.5. The van der Waals surface area contributed by atoms with Gasteiger partial charge in [0.15, 0.2) is 0 Å². The van der Waals surface area contributed by atoms with Gasteiger partial charge in [-0.25, -0.2) is 0 Å². The molecule has 1 saturated heterocycles. The van der Waals surface area contributed by atoms with Gasteiger partial charge in [-0.1, -0.05) is 0 Å². The fraction of sp³-hybridized carbons (Fsp3) is 0.938. The summed E-state index contributed by atoms with van der Waals surface area (Å²) in [6.45, 7) is 3.35. The van der Waals surface area contributed by atoms with Crippen molar-refractivity contribution in [2.45, 2.75) is 57.2 Å². The molecule has 2 aliphatic carbocycles. The molecule has 3 fully saturated rings. The Kier molecular flexibility index (Phi) is 7.00. The maximum atomic E-state index is 12.9. The molecule has 4 nitrogen and oxygen atoms in total. The molecule has 3 rings (SSSR count). The molecule has 0 aromatic carbocycles. The summed E-state index contributed by atoms with van der Waals surface area (Å²) in [6, 6.07) is 1.09. The van der Waals surface area contributed by atoms with Crippen LogP contribution in [-0.2, 0) is 4.79 Å². The lowest BCUT2D eigenvalue weighted by Gasteiger charge is -2.41. The van der Waals surface area contributed by atoms with E-state index in [9.17, 15) is 4.79 Å². The van der Waals surface area contributed by atoms with Crippen LogP contribution in [0.15, 0.2) is 0 Å². The van der Waals surface area contributed by atoms with Crippen LogP contribution < -0.4 is 5.73 Å². The summed E-state index contributed by atoms with van der Waals surface area (Å²) in [7, 11) is 4.18. The molecule has 130 valence electrons. The van der Waals surface area contributed by atoms with Crippen LogP contribution in [0.5, 0.6) is 0 Å². The molecule has 0 radical (unpaired) electrons. The highest BCUT2D eigenvalue weighted by Gasteiger charge is 2.50. The summed E-state index contributed by atoms with van der Waals surface area (Å²) in [5, 5.41) is 0. The molecule has 0 spiro atoms. The van der Waals surface area contributed by atoms with Crippen LogP contribution in [0.4, 0.5) is 0 Å². The number of fused-ring (bicyclic) bond motifs is 2. The summed E-state index contributed by atoms with van der Waals surface area (Å²) < 4.78 is 0. The molecule has 22 heavy (non-hydrogen) atoms. The first-order valence-electron chi connectivity index (χ1n) is 8.21. The first-order chi connectivity index (χ1) is 9.49. The number of nitrogens with two attached hydrogens (primary N) is 1. The van der Waals surface area contributed by atoms with Crippen molar-refractivity contribution in [2.75, 3.05) is 20.6 Å². The Bertz CT molecular complexity index is 394. The minimum Gasteiger partial charge on any atom is -0.342 e. The number of piperidine rings is 1. The zero-order valence-electron chi connectivity index (χ0n) is 13.9. The molecule has 2 N–H and O–H groups in total. The van der Waals surface area contributed by atoms with Crippen LogP contribution in [0.3, 0.4) is 0 Å². The number of halogens is 2. The minimum absolute atomic E-state index is 0. The average molecular weight is 352 g/mol. The van der Waals surface area contributed by atoms with Gasteiger partial charge in [0.25, 0.3) is 0 Å². The number of hydrogen-bond acceptors (Lipinski definition) is 3. The molecule has 2 bridgehead atoms.